The van der Waals surface area contributed by atoms with Crippen LogP contribution in [-0.4, -0.2) is 23.0 Å². The van der Waals surface area contributed by atoms with Crippen LogP contribution in [0, 0.1) is 5.92 Å². The second kappa shape index (κ2) is 3.21. The number of anilines is 2. The van der Waals surface area contributed by atoms with Crippen molar-refractivity contribution in [3.63, 3.8) is 0 Å². The maximum absolute atomic E-state index is 11.7. The Morgan fingerprint density at radius 3 is 2.88 bits per heavy atom. The van der Waals surface area contributed by atoms with E-state index in [-0.39, 0.29) is 16.8 Å². The van der Waals surface area contributed by atoms with E-state index in [4.69, 9.17) is 5.11 Å². The number of carboxylic acid groups (broad SMARTS) is 1. The van der Waals surface area contributed by atoms with Gasteiger partial charge in [0.2, 0.25) is 5.91 Å². The highest BCUT2D eigenvalue weighted by molar-refractivity contribution is 7.13. The lowest BCUT2D eigenvalue weighted by atomic mass is 10.1. The highest BCUT2D eigenvalue weighted by Gasteiger charge is 2.40. The average molecular weight is 238 g/mol. The van der Waals surface area contributed by atoms with Crippen molar-refractivity contribution in [2.45, 2.75) is 18.9 Å². The third-order valence-electron chi connectivity index (χ3n) is 2.92. The topological polar surface area (TPSA) is 78.4 Å². The predicted molar refractivity (Wildman–Crippen MR) is 60.0 cm³/mol. The fraction of sp³-hybridized carbons (Fsp3) is 0.400. The van der Waals surface area contributed by atoms with Gasteiger partial charge < -0.3 is 15.7 Å². The van der Waals surface area contributed by atoms with Crippen LogP contribution in [0.25, 0.3) is 0 Å². The van der Waals surface area contributed by atoms with E-state index in [1.807, 2.05) is 0 Å². The van der Waals surface area contributed by atoms with Gasteiger partial charge in [0.05, 0.1) is 11.4 Å². The first-order valence-corrected chi connectivity index (χ1v) is 5.97. The normalized spacial score (nSPS) is 23.2. The molecule has 2 aliphatic rings. The van der Waals surface area contributed by atoms with Crippen LogP contribution >= 0.6 is 11.3 Å². The fourth-order valence-electron chi connectivity index (χ4n) is 1.94. The van der Waals surface area contributed by atoms with Crippen LogP contribution in [0.1, 0.15) is 22.5 Å². The molecule has 1 aromatic heterocycles. The number of carbonyl (C=O) groups is 2. The van der Waals surface area contributed by atoms with Crippen molar-refractivity contribution >= 4 is 34.6 Å². The van der Waals surface area contributed by atoms with Gasteiger partial charge in [0.15, 0.2) is 0 Å². The van der Waals surface area contributed by atoms with Crippen molar-refractivity contribution in [1.29, 1.82) is 0 Å². The Labute approximate surface area is 95.5 Å². The third kappa shape index (κ3) is 1.37. The number of carbonyl (C=O) groups excluding carboxylic acids is 1. The molecule has 1 fully saturated rings. The Morgan fingerprint density at radius 2 is 2.25 bits per heavy atom. The van der Waals surface area contributed by atoms with Gasteiger partial charge in [-0.15, -0.1) is 11.3 Å². The van der Waals surface area contributed by atoms with Gasteiger partial charge in [-0.3, -0.25) is 4.79 Å². The lowest BCUT2D eigenvalue weighted by Gasteiger charge is -2.24. The van der Waals surface area contributed by atoms with E-state index in [1.165, 1.54) is 0 Å². The van der Waals surface area contributed by atoms with Gasteiger partial charge in [-0.2, -0.15) is 0 Å². The summed E-state index contributed by atoms with van der Waals surface area (Å²) in [4.78, 5) is 22.8. The molecule has 0 saturated heterocycles. The Hall–Kier alpha value is -1.56. The Kier molecular flexibility index (Phi) is 1.94. The number of carboxylic acids is 1. The Balaban J connectivity index is 1.95. The molecule has 3 rings (SSSR count). The molecule has 1 saturated carbocycles. The summed E-state index contributed by atoms with van der Waals surface area (Å²) < 4.78 is 0. The number of hydrogen-bond acceptors (Lipinski definition) is 4. The summed E-state index contributed by atoms with van der Waals surface area (Å²) in [6.45, 7) is 0. The fourth-order valence-corrected chi connectivity index (χ4v) is 2.74. The summed E-state index contributed by atoms with van der Waals surface area (Å²) >= 11 is 1.13. The van der Waals surface area contributed by atoms with E-state index in [1.54, 1.807) is 5.38 Å². The van der Waals surface area contributed by atoms with E-state index >= 15 is 0 Å². The van der Waals surface area contributed by atoms with Crippen molar-refractivity contribution in [1.82, 2.24) is 0 Å². The molecule has 1 amide bonds. The molecule has 2 heterocycles. The minimum absolute atomic E-state index is 0.115. The highest BCUT2D eigenvalue weighted by atomic mass is 32.1. The second-order valence-corrected chi connectivity index (χ2v) is 4.99. The predicted octanol–water partition coefficient (Wildman–Crippen LogP) is 1.59. The lowest BCUT2D eigenvalue weighted by molar-refractivity contribution is -0.117. The number of rotatable bonds is 2. The van der Waals surface area contributed by atoms with Crippen molar-refractivity contribution in [3.05, 3.63) is 10.3 Å². The smallest absolute Gasteiger partial charge is 0.348 e. The van der Waals surface area contributed by atoms with E-state index in [9.17, 15) is 9.59 Å². The summed E-state index contributed by atoms with van der Waals surface area (Å²) in [7, 11) is 0. The standard InChI is InChI=1S/C10H10N2O3S/c13-9-6(4-1-2-4)11-5-3-16-8(10(14)15)7(5)12-9/h3-4,6,11H,1-2H2,(H,12,13)(H,14,15). The van der Waals surface area contributed by atoms with Crippen molar-refractivity contribution < 1.29 is 14.7 Å². The molecular formula is C10H10N2O3S. The van der Waals surface area contributed by atoms with Gasteiger partial charge in [0.1, 0.15) is 10.9 Å². The van der Waals surface area contributed by atoms with E-state index in [0.29, 0.717) is 11.6 Å². The lowest BCUT2D eigenvalue weighted by Crippen LogP contribution is -2.40. The molecule has 1 aromatic rings. The van der Waals surface area contributed by atoms with Crippen molar-refractivity contribution in [3.8, 4) is 0 Å². The van der Waals surface area contributed by atoms with Crippen LogP contribution in [-0.2, 0) is 4.79 Å². The second-order valence-electron chi connectivity index (χ2n) is 4.11. The Morgan fingerprint density at radius 1 is 1.50 bits per heavy atom. The molecule has 6 heteroatoms. The SMILES string of the molecule is O=C(O)c1scc2c1NC(=O)C(C1CC1)N2. The quantitative estimate of drug-likeness (QED) is 0.731. The molecule has 16 heavy (non-hydrogen) atoms. The number of nitrogens with one attached hydrogen (secondary N) is 2. The van der Waals surface area contributed by atoms with Crippen molar-refractivity contribution in [2.75, 3.05) is 10.6 Å². The number of thiophene rings is 1. The summed E-state index contributed by atoms with van der Waals surface area (Å²) in [5.41, 5.74) is 1.15. The average Bonchev–Trinajstić information content (AvgIpc) is 2.98. The molecule has 0 aromatic carbocycles. The maximum atomic E-state index is 11.7. The van der Waals surface area contributed by atoms with Gasteiger partial charge in [-0.05, 0) is 18.8 Å². The Bertz CT molecular complexity index is 478. The zero-order valence-electron chi connectivity index (χ0n) is 8.32. The molecule has 84 valence electrons. The molecule has 1 aliphatic carbocycles. The zero-order chi connectivity index (χ0) is 11.3. The molecule has 0 spiro atoms. The van der Waals surface area contributed by atoms with Crippen LogP contribution in [0.3, 0.4) is 0 Å². The zero-order valence-corrected chi connectivity index (χ0v) is 9.13. The first-order chi connectivity index (χ1) is 7.66. The molecule has 5 nitrogen and oxygen atoms in total. The summed E-state index contributed by atoms with van der Waals surface area (Å²) in [5, 5.41) is 16.5. The van der Waals surface area contributed by atoms with Crippen LogP contribution in [0.2, 0.25) is 0 Å². The molecule has 0 bridgehead atoms. The van der Waals surface area contributed by atoms with E-state index in [0.717, 1.165) is 29.9 Å². The van der Waals surface area contributed by atoms with Gasteiger partial charge in [-0.1, -0.05) is 0 Å². The first kappa shape index (κ1) is 9.65. The molecule has 3 N–H and O–H groups in total. The minimum atomic E-state index is -1.00. The van der Waals surface area contributed by atoms with E-state index in [2.05, 4.69) is 10.6 Å². The molecule has 0 radical (unpaired) electrons. The van der Waals surface area contributed by atoms with Gasteiger partial charge in [0, 0.05) is 5.38 Å². The largest absolute Gasteiger partial charge is 0.477 e. The van der Waals surface area contributed by atoms with Gasteiger partial charge >= 0.3 is 5.97 Å². The van der Waals surface area contributed by atoms with E-state index < -0.39 is 5.97 Å². The summed E-state index contributed by atoms with van der Waals surface area (Å²) in [5.74, 6) is -0.713. The molecule has 1 aliphatic heterocycles. The van der Waals surface area contributed by atoms with Crippen LogP contribution < -0.4 is 10.6 Å². The number of fused-ring (bicyclic) bond motifs is 1. The van der Waals surface area contributed by atoms with Gasteiger partial charge in [-0.25, -0.2) is 4.79 Å². The maximum Gasteiger partial charge on any atom is 0.348 e. The number of aromatic carboxylic acids is 1. The van der Waals surface area contributed by atoms with Crippen LogP contribution in [0.15, 0.2) is 5.38 Å². The van der Waals surface area contributed by atoms with Crippen LogP contribution in [0.4, 0.5) is 11.4 Å². The summed E-state index contributed by atoms with van der Waals surface area (Å²) in [6.07, 6.45) is 2.13. The number of amides is 1. The first-order valence-electron chi connectivity index (χ1n) is 5.09. The third-order valence-corrected chi connectivity index (χ3v) is 3.89. The molecule has 1 unspecified atom stereocenters. The number of hydrogen-bond donors (Lipinski definition) is 3. The monoisotopic (exact) mass is 238 g/mol. The highest BCUT2D eigenvalue weighted by Crippen LogP contribution is 2.41. The van der Waals surface area contributed by atoms with Crippen molar-refractivity contribution in [2.24, 2.45) is 5.92 Å². The summed E-state index contributed by atoms with van der Waals surface area (Å²) in [6, 6.07) is -0.191. The van der Waals surface area contributed by atoms with Gasteiger partial charge in [0.25, 0.3) is 0 Å². The minimum Gasteiger partial charge on any atom is -0.477 e. The van der Waals surface area contributed by atoms with Crippen LogP contribution in [0.5, 0.6) is 0 Å². The molecular weight excluding hydrogens is 228 g/mol. The molecule has 1 atom stereocenters.